The van der Waals surface area contributed by atoms with Crippen LogP contribution in [0, 0.1) is 5.92 Å². The Kier molecular flexibility index (Phi) is 6.60. The topological polar surface area (TPSA) is 65.7 Å². The molecule has 0 bridgehead atoms. The summed E-state index contributed by atoms with van der Waals surface area (Å²) < 4.78 is 16.8. The molecule has 152 valence electrons. The number of rotatable bonds is 7. The average Bonchev–Trinajstić information content (AvgIpc) is 2.71. The molecule has 0 aliphatic rings. The largest absolute Gasteiger partial charge is 0.474 e. The van der Waals surface area contributed by atoms with E-state index in [1.165, 1.54) is 0 Å². The molecule has 0 saturated carbocycles. The molecule has 0 amide bonds. The summed E-state index contributed by atoms with van der Waals surface area (Å²) in [7, 11) is 0. The van der Waals surface area contributed by atoms with Crippen LogP contribution in [0.4, 0.5) is 0 Å². The van der Waals surface area contributed by atoms with Gasteiger partial charge in [-0.3, -0.25) is 4.79 Å². The Balaban J connectivity index is 2.04. The van der Waals surface area contributed by atoms with E-state index in [0.29, 0.717) is 28.2 Å². The molecule has 0 spiro atoms. The number of hydrogen-bond donors (Lipinski definition) is 0. The van der Waals surface area contributed by atoms with Crippen LogP contribution < -0.4 is 10.2 Å². The fourth-order valence-corrected chi connectivity index (χ4v) is 2.93. The first-order chi connectivity index (χ1) is 13.9. The van der Waals surface area contributed by atoms with Gasteiger partial charge in [0, 0.05) is 10.6 Å². The summed E-state index contributed by atoms with van der Waals surface area (Å²) in [5.74, 6) is -0.0982. The van der Waals surface area contributed by atoms with Crippen molar-refractivity contribution < 1.29 is 18.7 Å². The summed E-state index contributed by atoms with van der Waals surface area (Å²) in [6, 6.07) is 12.3. The smallest absolute Gasteiger partial charge is 0.344 e. The van der Waals surface area contributed by atoms with Crippen molar-refractivity contribution in [2.24, 2.45) is 5.92 Å². The number of benzene rings is 2. The van der Waals surface area contributed by atoms with Gasteiger partial charge in [0.1, 0.15) is 5.58 Å². The van der Waals surface area contributed by atoms with Gasteiger partial charge in [-0.25, -0.2) is 4.79 Å². The van der Waals surface area contributed by atoms with Gasteiger partial charge in [-0.05, 0) is 54.3 Å². The van der Waals surface area contributed by atoms with Crippen molar-refractivity contribution >= 4 is 28.5 Å². The lowest BCUT2D eigenvalue weighted by molar-refractivity contribution is -0.147. The van der Waals surface area contributed by atoms with Crippen LogP contribution in [0.15, 0.2) is 51.7 Å². The van der Waals surface area contributed by atoms with Gasteiger partial charge in [0.05, 0.1) is 12.0 Å². The second-order valence-electron chi connectivity index (χ2n) is 7.15. The van der Waals surface area contributed by atoms with Crippen LogP contribution in [0.2, 0.25) is 5.02 Å². The Labute approximate surface area is 174 Å². The van der Waals surface area contributed by atoms with E-state index in [9.17, 15) is 9.59 Å². The van der Waals surface area contributed by atoms with Crippen LogP contribution in [-0.2, 0) is 16.0 Å². The van der Waals surface area contributed by atoms with Gasteiger partial charge in [0.25, 0.3) is 0 Å². The second-order valence-corrected chi connectivity index (χ2v) is 7.58. The monoisotopic (exact) mass is 414 g/mol. The first-order valence-electron chi connectivity index (χ1n) is 9.53. The Bertz CT molecular complexity index is 1070. The highest BCUT2D eigenvalue weighted by atomic mass is 35.5. The maximum atomic E-state index is 13.2. The van der Waals surface area contributed by atoms with Crippen molar-refractivity contribution in [3.63, 3.8) is 0 Å². The van der Waals surface area contributed by atoms with E-state index in [-0.39, 0.29) is 29.5 Å². The predicted molar refractivity (Wildman–Crippen MR) is 114 cm³/mol. The number of esters is 1. The molecule has 0 aliphatic heterocycles. The highest BCUT2D eigenvalue weighted by Gasteiger charge is 2.19. The molecule has 0 fully saturated rings. The normalized spacial score (nSPS) is 11.1. The average molecular weight is 415 g/mol. The minimum absolute atomic E-state index is 0.0189. The first-order valence-corrected chi connectivity index (χ1v) is 9.91. The zero-order valence-corrected chi connectivity index (χ0v) is 17.4. The fraction of sp³-hybridized carbons (Fsp3) is 0.304. The molecule has 0 saturated heterocycles. The van der Waals surface area contributed by atoms with Crippen molar-refractivity contribution in [1.82, 2.24) is 0 Å². The molecule has 6 heteroatoms. The fourth-order valence-electron chi connectivity index (χ4n) is 2.80. The van der Waals surface area contributed by atoms with Crippen molar-refractivity contribution in [2.75, 3.05) is 13.2 Å². The van der Waals surface area contributed by atoms with Crippen LogP contribution in [0.25, 0.3) is 22.3 Å². The van der Waals surface area contributed by atoms with Crippen molar-refractivity contribution in [1.29, 1.82) is 0 Å². The van der Waals surface area contributed by atoms with Gasteiger partial charge in [-0.2, -0.15) is 0 Å². The molecule has 0 atom stereocenters. The van der Waals surface area contributed by atoms with Crippen LogP contribution in [0.1, 0.15) is 26.3 Å². The van der Waals surface area contributed by atoms with E-state index in [0.717, 1.165) is 12.0 Å². The number of ether oxygens (including phenoxy) is 2. The zero-order valence-electron chi connectivity index (χ0n) is 16.7. The summed E-state index contributed by atoms with van der Waals surface area (Å²) in [6.45, 7) is 5.80. The number of hydrogen-bond acceptors (Lipinski definition) is 5. The summed E-state index contributed by atoms with van der Waals surface area (Å²) in [4.78, 5) is 25.2. The third-order valence-electron chi connectivity index (χ3n) is 4.34. The molecule has 29 heavy (non-hydrogen) atoms. The Morgan fingerprint density at radius 3 is 2.52 bits per heavy atom. The molecule has 5 nitrogen and oxygen atoms in total. The molecule has 3 aromatic rings. The standard InChI is InChI=1S/C23H23ClO5/c1-4-15-5-10-19-18(11-15)21(26)23(28-13-20(25)27-12-14(2)3)22(29-19)16-6-8-17(24)9-7-16/h5-11,14H,4,12-13H2,1-3H3. The Morgan fingerprint density at radius 1 is 1.14 bits per heavy atom. The molecule has 0 unspecified atom stereocenters. The molecular formula is C23H23ClO5. The van der Waals surface area contributed by atoms with Crippen LogP contribution in [0.5, 0.6) is 5.75 Å². The molecule has 2 aromatic carbocycles. The molecule has 0 aliphatic carbocycles. The van der Waals surface area contributed by atoms with Crippen molar-refractivity contribution in [2.45, 2.75) is 27.2 Å². The summed E-state index contributed by atoms with van der Waals surface area (Å²) in [6.07, 6.45) is 0.784. The van der Waals surface area contributed by atoms with Gasteiger partial charge in [0.2, 0.25) is 11.2 Å². The summed E-state index contributed by atoms with van der Waals surface area (Å²) >= 11 is 5.98. The van der Waals surface area contributed by atoms with Gasteiger partial charge in [-0.1, -0.05) is 38.4 Å². The maximum absolute atomic E-state index is 13.2. The number of carbonyl (C=O) groups excluding carboxylic acids is 1. The quantitative estimate of drug-likeness (QED) is 0.494. The lowest BCUT2D eigenvalue weighted by Gasteiger charge is -2.12. The first kappa shape index (κ1) is 20.9. The molecule has 1 aromatic heterocycles. The van der Waals surface area contributed by atoms with Gasteiger partial charge < -0.3 is 13.9 Å². The van der Waals surface area contributed by atoms with Crippen molar-refractivity contribution in [3.8, 4) is 17.1 Å². The molecule has 0 radical (unpaired) electrons. The molecule has 1 heterocycles. The van der Waals surface area contributed by atoms with Crippen LogP contribution in [0.3, 0.4) is 0 Å². The lowest BCUT2D eigenvalue weighted by atomic mass is 10.1. The molecule has 0 N–H and O–H groups in total. The van der Waals surface area contributed by atoms with E-state index < -0.39 is 5.97 Å². The highest BCUT2D eigenvalue weighted by molar-refractivity contribution is 6.30. The van der Waals surface area contributed by atoms with E-state index in [2.05, 4.69) is 0 Å². The molecule has 3 rings (SSSR count). The van der Waals surface area contributed by atoms with E-state index >= 15 is 0 Å². The highest BCUT2D eigenvalue weighted by Crippen LogP contribution is 2.32. The van der Waals surface area contributed by atoms with Crippen LogP contribution >= 0.6 is 11.6 Å². The van der Waals surface area contributed by atoms with Crippen molar-refractivity contribution in [3.05, 3.63) is 63.3 Å². The minimum Gasteiger partial charge on any atom is -0.474 e. The van der Waals surface area contributed by atoms with Crippen LogP contribution in [-0.4, -0.2) is 19.2 Å². The minimum atomic E-state index is -0.539. The maximum Gasteiger partial charge on any atom is 0.344 e. The third-order valence-corrected chi connectivity index (χ3v) is 4.59. The van der Waals surface area contributed by atoms with E-state index in [1.807, 2.05) is 26.8 Å². The predicted octanol–water partition coefficient (Wildman–Crippen LogP) is 5.25. The summed E-state index contributed by atoms with van der Waals surface area (Å²) in [5.41, 5.74) is 1.75. The number of fused-ring (bicyclic) bond motifs is 1. The summed E-state index contributed by atoms with van der Waals surface area (Å²) in [5, 5.41) is 0.969. The second kappa shape index (κ2) is 9.14. The zero-order chi connectivity index (χ0) is 21.0. The SMILES string of the molecule is CCc1ccc2oc(-c3ccc(Cl)cc3)c(OCC(=O)OCC(C)C)c(=O)c2c1. The number of aryl methyl sites for hydroxylation is 1. The Hall–Kier alpha value is -2.79. The Morgan fingerprint density at radius 2 is 1.86 bits per heavy atom. The van der Waals surface area contributed by atoms with E-state index in [4.69, 9.17) is 25.5 Å². The number of halogens is 1. The van der Waals surface area contributed by atoms with Gasteiger partial charge >= 0.3 is 5.97 Å². The molecular weight excluding hydrogens is 392 g/mol. The van der Waals surface area contributed by atoms with E-state index in [1.54, 1.807) is 36.4 Å². The lowest BCUT2D eigenvalue weighted by Crippen LogP contribution is -2.20. The van der Waals surface area contributed by atoms with Gasteiger partial charge in [-0.15, -0.1) is 0 Å². The number of carbonyl (C=O) groups is 1. The van der Waals surface area contributed by atoms with Gasteiger partial charge in [0.15, 0.2) is 12.4 Å². The third kappa shape index (κ3) is 4.98.